The molecular weight excluding hydrogens is 1580 g/mol. The molecule has 0 saturated heterocycles. The van der Waals surface area contributed by atoms with Gasteiger partial charge in [-0.1, -0.05) is 212 Å². The number of fused-ring (bicyclic) bond motifs is 6. The Kier molecular flexibility index (Phi) is 20.6. The lowest BCUT2D eigenvalue weighted by Crippen LogP contribution is -1.99. The quantitative estimate of drug-likeness (QED) is 0.0940. The van der Waals surface area contributed by atoms with Crippen molar-refractivity contribution in [2.75, 3.05) is 0 Å². The lowest BCUT2D eigenvalue weighted by molar-refractivity contribution is 0.767. The van der Waals surface area contributed by atoms with Gasteiger partial charge in [0.25, 0.3) is 0 Å². The molecule has 0 amide bonds. The molecule has 606 valence electrons. The van der Waals surface area contributed by atoms with Crippen LogP contribution in [0.15, 0.2) is 444 Å². The lowest BCUT2D eigenvalue weighted by atomic mass is 9.94. The SMILES string of the molecule is c1cc(-c2ccncc2)cc(-c2cc(-c3cccc(-c4ccncc4)c3)c3nn(-c4ccc5ccccc5c4)nc3c2)c1.c1ccc(-c2cccc(-c3cc(-c4cccc(-c5ccccn5)c4)c4nn(-c5cccc6ccccc56)nc4c3)c2)nc1.c1ccc(-c2cccc(-c3cc(-c4cccc(-c5ccccn5)n4)c4nn(-c5cccc6ccccc56)nc4c3)n2)nc1. The first-order valence-corrected chi connectivity index (χ1v) is 42.4. The summed E-state index contributed by atoms with van der Waals surface area (Å²) in [4.78, 5) is 41.8. The van der Waals surface area contributed by atoms with E-state index in [2.05, 4.69) is 260 Å². The van der Waals surface area contributed by atoms with Crippen LogP contribution in [0.4, 0.5) is 0 Å². The molecule has 0 aliphatic rings. The van der Waals surface area contributed by atoms with E-state index >= 15 is 0 Å². The van der Waals surface area contributed by atoms with E-state index in [0.29, 0.717) is 0 Å². The van der Waals surface area contributed by atoms with Crippen molar-refractivity contribution in [2.45, 2.75) is 0 Å². The summed E-state index contributed by atoms with van der Waals surface area (Å²) in [5.41, 5.74) is 31.2. The van der Waals surface area contributed by atoms with E-state index < -0.39 is 0 Å². The van der Waals surface area contributed by atoms with Gasteiger partial charge in [-0.15, -0.1) is 40.2 Å². The third-order valence-electron chi connectivity index (χ3n) is 23.0. The van der Waals surface area contributed by atoms with Gasteiger partial charge in [-0.25, -0.2) is 9.97 Å². The fourth-order valence-corrected chi connectivity index (χ4v) is 16.7. The largest absolute Gasteiger partial charge is 0.265 e. The van der Waals surface area contributed by atoms with E-state index in [4.69, 9.17) is 40.6 Å². The zero-order valence-corrected chi connectivity index (χ0v) is 69.2. The highest BCUT2D eigenvalue weighted by molar-refractivity contribution is 6.01. The Bertz CT molecular complexity index is 7910. The molecule has 0 N–H and O–H groups in total. The molecule has 0 fully saturated rings. The lowest BCUT2D eigenvalue weighted by Gasteiger charge is -2.10. The average molecular weight is 1660 g/mol. The van der Waals surface area contributed by atoms with Gasteiger partial charge in [0.1, 0.15) is 33.1 Å². The average Bonchev–Trinajstić information content (AvgIpc) is 1.63. The highest BCUT2D eigenvalue weighted by atomic mass is 15.5. The van der Waals surface area contributed by atoms with Gasteiger partial charge in [-0.05, 0) is 259 Å². The summed E-state index contributed by atoms with van der Waals surface area (Å²) in [7, 11) is 0. The summed E-state index contributed by atoms with van der Waals surface area (Å²) in [5, 5.41) is 37.0. The Morgan fingerprint density at radius 3 is 1.03 bits per heavy atom. The van der Waals surface area contributed by atoms with Gasteiger partial charge < -0.3 is 0 Å². The first-order valence-electron chi connectivity index (χ1n) is 42.4. The van der Waals surface area contributed by atoms with Crippen LogP contribution < -0.4 is 0 Å². The molecule has 17 nitrogen and oxygen atoms in total. The van der Waals surface area contributed by atoms with Crippen LogP contribution in [-0.2, 0) is 0 Å². The zero-order valence-electron chi connectivity index (χ0n) is 69.2. The number of pyridine rings is 8. The standard InChI is InChI=1S/2C38H25N5.C36H23N7/c1-2-16-32-26(10-1)11-9-19-37(32)43-41-36-25-31(27-12-7-14-29(22-27)34-17-3-5-20-39-34)24-33(38(36)42-43)28-13-8-15-30(23-28)35-18-4-6-21-40-35;1-2-6-32-23-35(12-11-26(32)5-1)43-41-37-25-34(31-9-3-7-29(21-31)27-13-17-39-18-14-27)24-36(38(37)42-43)33-10-4-8-30(22-33)28-15-19-40-20-16-28;1-2-12-26-24(10-1)11-7-19-35(26)43-41-34-23-25(28-15-8-17-32(39-28)30-13-3-5-20-37-30)22-27(36(34)42-43)29-16-9-18-33(40-29)31-14-4-6-21-38-31/h2*1-25H;1-23H. The fourth-order valence-electron chi connectivity index (χ4n) is 16.7. The second-order valence-corrected chi connectivity index (χ2v) is 31.1. The van der Waals surface area contributed by atoms with Crippen molar-refractivity contribution in [1.29, 1.82) is 0 Å². The van der Waals surface area contributed by atoms with Gasteiger partial charge in [0.2, 0.25) is 0 Å². The number of hydrogen-bond acceptors (Lipinski definition) is 14. The van der Waals surface area contributed by atoms with Crippen molar-refractivity contribution in [3.05, 3.63) is 444 Å². The molecule has 24 aromatic rings. The van der Waals surface area contributed by atoms with Gasteiger partial charge in [0, 0.05) is 93.7 Å². The molecule has 0 atom stereocenters. The minimum absolute atomic E-state index is 0.746. The topological polar surface area (TPSA) is 195 Å². The van der Waals surface area contributed by atoms with E-state index in [0.717, 1.165) is 212 Å². The molecule has 11 heterocycles. The van der Waals surface area contributed by atoms with Crippen LogP contribution in [-0.4, -0.2) is 84.9 Å². The van der Waals surface area contributed by atoms with E-state index in [9.17, 15) is 0 Å². The Hall–Kier alpha value is -18.0. The van der Waals surface area contributed by atoms with Gasteiger partial charge >= 0.3 is 0 Å². The molecule has 129 heavy (non-hydrogen) atoms. The first-order chi connectivity index (χ1) is 63.9. The molecule has 0 saturated carbocycles. The maximum atomic E-state index is 5.09. The smallest absolute Gasteiger partial charge is 0.123 e. The highest BCUT2D eigenvalue weighted by Gasteiger charge is 2.22. The Morgan fingerprint density at radius 1 is 0.171 bits per heavy atom. The number of aromatic nitrogens is 17. The number of hydrogen-bond donors (Lipinski definition) is 0. The third kappa shape index (κ3) is 15.9. The van der Waals surface area contributed by atoms with Crippen molar-refractivity contribution in [2.24, 2.45) is 0 Å². The van der Waals surface area contributed by atoms with Gasteiger partial charge in [0.15, 0.2) is 0 Å². The number of benzene rings is 13. The van der Waals surface area contributed by atoms with E-state index in [1.54, 1.807) is 26.8 Å². The van der Waals surface area contributed by atoms with E-state index in [-0.39, 0.29) is 0 Å². The first kappa shape index (κ1) is 77.1. The van der Waals surface area contributed by atoms with E-state index in [1.807, 2.05) is 201 Å². The zero-order chi connectivity index (χ0) is 85.8. The van der Waals surface area contributed by atoms with Crippen molar-refractivity contribution in [3.8, 4) is 152 Å². The molecule has 0 radical (unpaired) electrons. The molecule has 0 unspecified atom stereocenters. The number of nitrogens with zero attached hydrogens (tertiary/aromatic N) is 17. The molecule has 0 spiro atoms. The minimum atomic E-state index is 0.746. The van der Waals surface area contributed by atoms with E-state index in [1.165, 1.54) is 5.39 Å². The van der Waals surface area contributed by atoms with Crippen molar-refractivity contribution in [3.63, 3.8) is 0 Å². The molecule has 0 bridgehead atoms. The Morgan fingerprint density at radius 2 is 0.519 bits per heavy atom. The number of rotatable bonds is 15. The second kappa shape index (κ2) is 34.4. The van der Waals surface area contributed by atoms with Crippen LogP contribution in [0.2, 0.25) is 0 Å². The van der Waals surface area contributed by atoms with Crippen LogP contribution in [0.25, 0.3) is 217 Å². The molecule has 17 heteroatoms. The van der Waals surface area contributed by atoms with Crippen LogP contribution in [0.1, 0.15) is 0 Å². The Balaban J connectivity index is 0.000000114. The van der Waals surface area contributed by atoms with Gasteiger partial charge in [-0.3, -0.25) is 29.9 Å². The second-order valence-electron chi connectivity index (χ2n) is 31.1. The summed E-state index contributed by atoms with van der Waals surface area (Å²) < 4.78 is 0. The molecule has 0 aliphatic heterocycles. The van der Waals surface area contributed by atoms with Crippen molar-refractivity contribution < 1.29 is 0 Å². The van der Waals surface area contributed by atoms with Crippen LogP contribution >= 0.6 is 0 Å². The Labute approximate surface area is 741 Å². The predicted octanol–water partition coefficient (Wildman–Crippen LogP) is 25.9. The van der Waals surface area contributed by atoms with Crippen molar-refractivity contribution in [1.82, 2.24) is 84.9 Å². The summed E-state index contributed by atoms with van der Waals surface area (Å²) >= 11 is 0. The maximum absolute atomic E-state index is 5.09. The molecule has 11 aromatic heterocycles. The predicted molar refractivity (Wildman–Crippen MR) is 517 cm³/mol. The molecular formula is C112H73N17. The summed E-state index contributed by atoms with van der Waals surface area (Å²) in [6, 6.07) is 134. The summed E-state index contributed by atoms with van der Waals surface area (Å²) in [6.45, 7) is 0. The third-order valence-corrected chi connectivity index (χ3v) is 23.0. The monoisotopic (exact) mass is 1660 g/mol. The maximum Gasteiger partial charge on any atom is 0.123 e. The van der Waals surface area contributed by atoms with Crippen LogP contribution in [0.3, 0.4) is 0 Å². The molecule has 0 aliphatic carbocycles. The molecule has 13 aromatic carbocycles. The van der Waals surface area contributed by atoms with Gasteiger partial charge in [0.05, 0.1) is 62.6 Å². The summed E-state index contributed by atoms with van der Waals surface area (Å²) in [6.07, 6.45) is 14.5. The minimum Gasteiger partial charge on any atom is -0.265 e. The molecule has 24 rings (SSSR count). The van der Waals surface area contributed by atoms with Crippen molar-refractivity contribution >= 4 is 65.4 Å². The summed E-state index contributed by atoms with van der Waals surface area (Å²) in [5.74, 6) is 0. The van der Waals surface area contributed by atoms with Gasteiger partial charge in [-0.2, -0.15) is 4.80 Å². The highest BCUT2D eigenvalue weighted by Crippen LogP contribution is 2.41. The normalized spacial score (nSPS) is 11.3. The van der Waals surface area contributed by atoms with Crippen LogP contribution in [0, 0.1) is 0 Å². The van der Waals surface area contributed by atoms with Crippen LogP contribution in [0.5, 0.6) is 0 Å². The fraction of sp³-hybridized carbons (Fsp3) is 0.